The average Bonchev–Trinajstić information content (AvgIpc) is 2.62. The number of carboxylic acids is 1. The lowest BCUT2D eigenvalue weighted by atomic mass is 10.2. The quantitative estimate of drug-likeness (QED) is 0.769. The molecular formula is C12H12N2O5. The molecule has 0 saturated heterocycles. The zero-order valence-corrected chi connectivity index (χ0v) is 10.2. The smallest absolute Gasteiger partial charge is 0.419 e. The number of benzene rings is 1. The molecule has 0 unspecified atom stereocenters. The van der Waals surface area contributed by atoms with E-state index in [0.717, 1.165) is 5.56 Å². The number of nitrogens with zero attached hydrogens (tertiary/aromatic N) is 1. The summed E-state index contributed by atoms with van der Waals surface area (Å²) in [7, 11) is 1.58. The predicted octanol–water partition coefficient (Wildman–Crippen LogP) is 0.222. The monoisotopic (exact) mass is 264 g/mol. The lowest BCUT2D eigenvalue weighted by Crippen LogP contribution is -2.25. The van der Waals surface area contributed by atoms with E-state index in [2.05, 4.69) is 5.32 Å². The number of amides is 1. The summed E-state index contributed by atoms with van der Waals surface area (Å²) >= 11 is 0. The van der Waals surface area contributed by atoms with Crippen LogP contribution in [0.15, 0.2) is 27.4 Å². The van der Waals surface area contributed by atoms with Gasteiger partial charge in [-0.3, -0.25) is 14.2 Å². The fraction of sp³-hybridized carbons (Fsp3) is 0.250. The summed E-state index contributed by atoms with van der Waals surface area (Å²) in [4.78, 5) is 32.8. The zero-order chi connectivity index (χ0) is 14.0. The molecule has 1 amide bonds. The second-order valence-corrected chi connectivity index (χ2v) is 4.08. The molecule has 0 saturated carbocycles. The number of aliphatic carboxylic acids is 1. The van der Waals surface area contributed by atoms with Crippen molar-refractivity contribution in [2.24, 2.45) is 7.05 Å². The molecule has 2 N–H and O–H groups in total. The van der Waals surface area contributed by atoms with E-state index >= 15 is 0 Å². The van der Waals surface area contributed by atoms with Crippen molar-refractivity contribution < 1.29 is 19.1 Å². The average molecular weight is 264 g/mol. The Morgan fingerprint density at radius 2 is 2.16 bits per heavy atom. The van der Waals surface area contributed by atoms with E-state index in [1.54, 1.807) is 25.2 Å². The number of hydrogen-bond acceptors (Lipinski definition) is 4. The highest BCUT2D eigenvalue weighted by Crippen LogP contribution is 2.14. The largest absolute Gasteiger partial charge is 0.481 e. The Labute approximate surface area is 107 Å². The van der Waals surface area contributed by atoms with Crippen molar-refractivity contribution >= 4 is 23.0 Å². The van der Waals surface area contributed by atoms with Crippen molar-refractivity contribution in [3.05, 3.63) is 34.3 Å². The van der Waals surface area contributed by atoms with Gasteiger partial charge < -0.3 is 14.8 Å². The number of rotatable bonds is 4. The minimum absolute atomic E-state index is 0.196. The highest BCUT2D eigenvalue weighted by atomic mass is 16.4. The molecule has 0 atom stereocenters. The molecule has 1 aromatic heterocycles. The fourth-order valence-corrected chi connectivity index (χ4v) is 1.68. The van der Waals surface area contributed by atoms with E-state index in [-0.39, 0.29) is 6.54 Å². The number of nitrogens with one attached hydrogen (secondary N) is 1. The van der Waals surface area contributed by atoms with Crippen molar-refractivity contribution in [3.8, 4) is 0 Å². The summed E-state index contributed by atoms with van der Waals surface area (Å²) in [6.07, 6.45) is -0.563. The van der Waals surface area contributed by atoms with Crippen LogP contribution in [0.3, 0.4) is 0 Å². The molecule has 7 heteroatoms. The number of hydrogen-bond donors (Lipinski definition) is 2. The van der Waals surface area contributed by atoms with Gasteiger partial charge in [0, 0.05) is 13.6 Å². The Balaban J connectivity index is 2.13. The maximum absolute atomic E-state index is 11.3. The zero-order valence-electron chi connectivity index (χ0n) is 10.2. The Hall–Kier alpha value is -2.57. The summed E-state index contributed by atoms with van der Waals surface area (Å²) in [5.74, 6) is -2.19. The third-order valence-electron chi connectivity index (χ3n) is 2.66. The van der Waals surface area contributed by atoms with Gasteiger partial charge in [-0.1, -0.05) is 6.07 Å². The molecule has 100 valence electrons. The van der Waals surface area contributed by atoms with Crippen LogP contribution in [0.1, 0.15) is 12.0 Å². The maximum atomic E-state index is 11.3. The Morgan fingerprint density at radius 1 is 1.42 bits per heavy atom. The molecular weight excluding hydrogens is 252 g/mol. The first-order valence-electron chi connectivity index (χ1n) is 5.54. The van der Waals surface area contributed by atoms with Crippen molar-refractivity contribution in [2.45, 2.75) is 13.0 Å². The first-order valence-corrected chi connectivity index (χ1v) is 5.54. The summed E-state index contributed by atoms with van der Waals surface area (Å²) in [5, 5.41) is 10.9. The summed E-state index contributed by atoms with van der Waals surface area (Å²) < 4.78 is 6.33. The van der Waals surface area contributed by atoms with Crippen LogP contribution >= 0.6 is 0 Å². The van der Waals surface area contributed by atoms with Crippen LogP contribution in [0.4, 0.5) is 0 Å². The second kappa shape index (κ2) is 4.97. The standard InChI is InChI=1S/C12H12N2O5/c1-14-8-4-7(2-3-9(8)19-12(14)18)6-13-10(15)5-11(16)17/h2-4H,5-6H2,1H3,(H,13,15)(H,16,17). The molecule has 0 spiro atoms. The number of carboxylic acid groups (broad SMARTS) is 1. The molecule has 19 heavy (non-hydrogen) atoms. The summed E-state index contributed by atoms with van der Waals surface area (Å²) in [6.45, 7) is 0.196. The fourth-order valence-electron chi connectivity index (χ4n) is 1.68. The maximum Gasteiger partial charge on any atom is 0.419 e. The number of carbonyl (C=O) groups excluding carboxylic acids is 1. The normalized spacial score (nSPS) is 10.6. The third-order valence-corrected chi connectivity index (χ3v) is 2.66. The van der Waals surface area contributed by atoms with Gasteiger partial charge in [0.15, 0.2) is 5.58 Å². The van der Waals surface area contributed by atoms with Crippen molar-refractivity contribution in [2.75, 3.05) is 0 Å². The Kier molecular flexibility index (Phi) is 3.37. The van der Waals surface area contributed by atoms with Crippen LogP contribution < -0.4 is 11.1 Å². The van der Waals surface area contributed by atoms with Crippen molar-refractivity contribution in [1.82, 2.24) is 9.88 Å². The molecule has 0 aliphatic rings. The molecule has 0 bridgehead atoms. The van der Waals surface area contributed by atoms with Crippen molar-refractivity contribution in [3.63, 3.8) is 0 Å². The summed E-state index contributed by atoms with van der Waals surface area (Å²) in [6, 6.07) is 5.04. The van der Waals surface area contributed by atoms with E-state index in [4.69, 9.17) is 9.52 Å². The number of aromatic nitrogens is 1. The second-order valence-electron chi connectivity index (χ2n) is 4.08. The first kappa shape index (κ1) is 12.9. The molecule has 0 aliphatic carbocycles. The molecule has 0 radical (unpaired) electrons. The minimum Gasteiger partial charge on any atom is -0.481 e. The van der Waals surface area contributed by atoms with Gasteiger partial charge in [-0.2, -0.15) is 0 Å². The van der Waals surface area contributed by atoms with Crippen LogP contribution in [0, 0.1) is 0 Å². The van der Waals surface area contributed by atoms with Crippen LogP contribution in [0.25, 0.3) is 11.1 Å². The number of fused-ring (bicyclic) bond motifs is 1. The Bertz CT molecular complexity index is 698. The first-order chi connectivity index (χ1) is 8.97. The van der Waals surface area contributed by atoms with Crippen LogP contribution in [0.2, 0.25) is 0 Å². The number of oxazole rings is 1. The number of carbonyl (C=O) groups is 2. The van der Waals surface area contributed by atoms with Gasteiger partial charge >= 0.3 is 11.7 Å². The van der Waals surface area contributed by atoms with Gasteiger partial charge in [0.2, 0.25) is 5.91 Å². The highest BCUT2D eigenvalue weighted by molar-refractivity contribution is 5.93. The summed E-state index contributed by atoms with van der Waals surface area (Å²) in [5.41, 5.74) is 1.84. The lowest BCUT2D eigenvalue weighted by Gasteiger charge is -2.04. The van der Waals surface area contributed by atoms with E-state index in [9.17, 15) is 14.4 Å². The number of aryl methyl sites for hydroxylation is 1. The molecule has 7 nitrogen and oxygen atoms in total. The van der Waals surface area contributed by atoms with E-state index in [1.165, 1.54) is 4.57 Å². The highest BCUT2D eigenvalue weighted by Gasteiger charge is 2.09. The topological polar surface area (TPSA) is 102 Å². The van der Waals surface area contributed by atoms with Crippen LogP contribution in [-0.2, 0) is 23.2 Å². The van der Waals surface area contributed by atoms with Gasteiger partial charge in [-0.15, -0.1) is 0 Å². The van der Waals surface area contributed by atoms with Crippen LogP contribution in [0.5, 0.6) is 0 Å². The minimum atomic E-state index is -1.18. The third kappa shape index (κ3) is 2.82. The molecule has 2 rings (SSSR count). The molecule has 1 heterocycles. The van der Waals surface area contributed by atoms with Gasteiger partial charge in [0.1, 0.15) is 6.42 Å². The van der Waals surface area contributed by atoms with E-state index in [1.807, 2.05) is 0 Å². The molecule has 0 aliphatic heterocycles. The molecule has 1 aromatic carbocycles. The van der Waals surface area contributed by atoms with Gasteiger partial charge in [0.25, 0.3) is 0 Å². The SMILES string of the molecule is Cn1c(=O)oc2ccc(CNC(=O)CC(=O)O)cc21. The van der Waals surface area contributed by atoms with Gasteiger partial charge in [0.05, 0.1) is 5.52 Å². The van der Waals surface area contributed by atoms with Gasteiger partial charge in [-0.05, 0) is 17.7 Å². The Morgan fingerprint density at radius 3 is 2.84 bits per heavy atom. The van der Waals surface area contributed by atoms with Crippen molar-refractivity contribution in [1.29, 1.82) is 0 Å². The van der Waals surface area contributed by atoms with E-state index in [0.29, 0.717) is 11.1 Å². The predicted molar refractivity (Wildman–Crippen MR) is 65.6 cm³/mol. The lowest BCUT2D eigenvalue weighted by molar-refractivity contribution is -0.140. The van der Waals surface area contributed by atoms with Crippen LogP contribution in [-0.4, -0.2) is 21.6 Å². The molecule has 2 aromatic rings. The van der Waals surface area contributed by atoms with Gasteiger partial charge in [-0.25, -0.2) is 4.79 Å². The molecule has 0 fully saturated rings. The van der Waals surface area contributed by atoms with E-state index < -0.39 is 24.1 Å².